The van der Waals surface area contributed by atoms with Gasteiger partial charge in [-0.2, -0.15) is 0 Å². The van der Waals surface area contributed by atoms with E-state index in [0.717, 1.165) is 19.4 Å². The van der Waals surface area contributed by atoms with Crippen molar-refractivity contribution in [3.05, 3.63) is 0 Å². The van der Waals surface area contributed by atoms with E-state index in [1.807, 2.05) is 0 Å². The molecule has 1 fully saturated rings. The fraction of sp³-hybridized carbons (Fsp3) is 0.806. The summed E-state index contributed by atoms with van der Waals surface area (Å²) >= 11 is 0. The van der Waals surface area contributed by atoms with E-state index in [2.05, 4.69) is 60.2 Å². The number of hydrogen-bond donors (Lipinski definition) is 15. The Morgan fingerprint density at radius 2 is 1.46 bits per heavy atom. The first kappa shape index (κ1) is 46.2. The van der Waals surface area contributed by atoms with Gasteiger partial charge in [0.1, 0.15) is 36.9 Å². The molecule has 26 N–H and O–H groups in total. The van der Waals surface area contributed by atoms with Gasteiger partial charge < -0.3 is 85.0 Å². The molecule has 0 bridgehead atoms. The van der Waals surface area contributed by atoms with Crippen molar-refractivity contribution in [2.24, 2.45) is 5.73 Å². The fourth-order valence-electron chi connectivity index (χ4n) is 6.28. The number of primary amides is 1. The lowest BCUT2D eigenvalue weighted by Gasteiger charge is -2.42. The second-order valence-corrected chi connectivity index (χ2v) is 13.9. The first-order valence-electron chi connectivity index (χ1n) is 18.5. The van der Waals surface area contributed by atoms with Crippen molar-refractivity contribution in [1.82, 2.24) is 26.6 Å². The maximum atomic E-state index is 13.1. The molecule has 54 heavy (non-hydrogen) atoms. The van der Waals surface area contributed by atoms with E-state index in [4.69, 9.17) is 15.2 Å². The van der Waals surface area contributed by atoms with Gasteiger partial charge in [-0.1, -0.05) is 0 Å². The van der Waals surface area contributed by atoms with Crippen LogP contribution in [0.2, 0.25) is 0 Å². The van der Waals surface area contributed by atoms with Crippen molar-refractivity contribution in [1.29, 1.82) is 0 Å². The molecule has 0 radical (unpaired) electrons. The van der Waals surface area contributed by atoms with Gasteiger partial charge in [-0.05, 0) is 12.8 Å². The first-order valence-corrected chi connectivity index (χ1v) is 18.5. The third kappa shape index (κ3) is 15.8. The summed E-state index contributed by atoms with van der Waals surface area (Å²) in [5.74, 6) is -2.33. The zero-order valence-corrected chi connectivity index (χ0v) is 31.0. The van der Waals surface area contributed by atoms with Crippen LogP contribution in [-0.2, 0) is 28.7 Å². The number of aliphatic carboxylic acids is 1. The van der Waals surface area contributed by atoms with Crippen molar-refractivity contribution in [3.63, 3.8) is 0 Å². The quantitative estimate of drug-likeness (QED) is 0.0405. The third-order valence-corrected chi connectivity index (χ3v) is 9.21. The van der Waals surface area contributed by atoms with Crippen LogP contribution in [0.4, 0.5) is 4.79 Å². The molecule has 4 amide bonds. The number of carbonyl (C=O) groups is 5. The van der Waals surface area contributed by atoms with Crippen molar-refractivity contribution >= 4 is 35.7 Å². The van der Waals surface area contributed by atoms with Gasteiger partial charge in [-0.15, -0.1) is 0 Å². The molecule has 0 unspecified atom stereocenters. The van der Waals surface area contributed by atoms with E-state index in [0.29, 0.717) is 45.2 Å². The van der Waals surface area contributed by atoms with Crippen LogP contribution in [0.5, 0.6) is 0 Å². The summed E-state index contributed by atoms with van der Waals surface area (Å²) in [6.45, 7) is 0.920. The standard InChI is InChI=1S/C31H60N12O11/c32-7-1-4-15(34)10-20(46)38-8-2-5-16(35)11-21(47)39-9-3-6-17(36)12-22(48)40-25-26(49)27(54-30(37)52)19(14-44)53-28(25)43-31-41-23(18(45)13-33)24(42-31)29(50)51/h15-19,23-28,44-45,49H,1-14,32-36H2,(H2,37,52)(H,38,46)(H,39,47)(H,40,48)(H,50,51)(H2,41,42,43)/p+5/t15-,16-,17-,18+,19+,23+,24-,25+,26-,27-,28+/m0/s1. The molecule has 0 spiro atoms. The summed E-state index contributed by atoms with van der Waals surface area (Å²) in [6, 6.07) is -4.22. The van der Waals surface area contributed by atoms with Crippen molar-refractivity contribution < 1.29 is 87.5 Å². The number of carboxylic acid groups (broad SMARTS) is 1. The molecule has 0 aromatic carbocycles. The zero-order valence-electron chi connectivity index (χ0n) is 31.0. The van der Waals surface area contributed by atoms with E-state index in [1.54, 1.807) is 0 Å². The molecule has 0 aliphatic carbocycles. The van der Waals surface area contributed by atoms with Gasteiger partial charge in [-0.3, -0.25) is 24.7 Å². The first-order chi connectivity index (χ1) is 25.6. The number of nitrogens with one attached hydrogen (secondary N) is 6. The lowest BCUT2D eigenvalue weighted by atomic mass is 9.95. The van der Waals surface area contributed by atoms with Crippen LogP contribution in [-0.4, -0.2) is 151 Å². The van der Waals surface area contributed by atoms with E-state index >= 15 is 0 Å². The number of carboxylic acids is 1. The van der Waals surface area contributed by atoms with Crippen molar-refractivity contribution in [2.75, 3.05) is 32.8 Å². The Labute approximate surface area is 313 Å². The minimum absolute atomic E-state index is 0.0266. The zero-order chi connectivity index (χ0) is 40.4. The van der Waals surface area contributed by atoms with Crippen LogP contribution < -0.4 is 71.1 Å². The van der Waals surface area contributed by atoms with Crippen LogP contribution in [0.25, 0.3) is 0 Å². The summed E-state index contributed by atoms with van der Waals surface area (Å²) in [5, 5.41) is 57.0. The number of ether oxygens (including phenoxy) is 2. The number of rotatable bonds is 24. The van der Waals surface area contributed by atoms with Gasteiger partial charge in [0.2, 0.25) is 17.7 Å². The highest BCUT2D eigenvalue weighted by atomic mass is 16.6. The third-order valence-electron chi connectivity index (χ3n) is 9.21. The molecule has 1 saturated heterocycles. The molecule has 310 valence electrons. The normalized spacial score (nSPS) is 25.9. The molecule has 2 rings (SSSR count). The van der Waals surface area contributed by atoms with Crippen molar-refractivity contribution in [2.45, 2.75) is 125 Å². The molecule has 2 aliphatic rings. The molecule has 0 aromatic heterocycles. The Bertz CT molecular complexity index is 1250. The summed E-state index contributed by atoms with van der Waals surface area (Å²) in [4.78, 5) is 63.5. The van der Waals surface area contributed by atoms with E-state index in [1.165, 1.54) is 0 Å². The minimum atomic E-state index is -1.65. The highest BCUT2D eigenvalue weighted by Gasteiger charge is 2.51. The minimum Gasteiger partial charge on any atom is -0.546 e. The maximum Gasteiger partial charge on any atom is 0.404 e. The van der Waals surface area contributed by atoms with Gasteiger partial charge in [0.15, 0.2) is 18.4 Å². The Hall–Kier alpha value is -3.94. The summed E-state index contributed by atoms with van der Waals surface area (Å²) in [5.41, 5.74) is 24.6. The van der Waals surface area contributed by atoms with Crippen LogP contribution in [0.3, 0.4) is 0 Å². The average Bonchev–Trinajstić information content (AvgIpc) is 3.54. The lowest BCUT2D eigenvalue weighted by Crippen LogP contribution is -2.85. The number of nitrogens with two attached hydrogens (primary N) is 1. The second-order valence-electron chi connectivity index (χ2n) is 13.9. The summed E-state index contributed by atoms with van der Waals surface area (Å²) in [7, 11) is 0. The SMILES string of the molecule is NC(=O)O[C@@H]1[C@@H](O)[C@@H](NC(=O)C[C@@H]([NH3+])CCCNC(=O)C[C@@H]([NH3+])CCCNC(=O)C[C@@H]([NH3+])CCC[NH3+])[C@H](NC2=[NH+][C@H](C(=O)[O-])[C@@H]([C@H](O)C[NH3+])N2)O[C@@H]1CO. The van der Waals surface area contributed by atoms with Crippen LogP contribution in [0.1, 0.15) is 57.8 Å². The average molecular weight is 782 g/mol. The molecule has 23 heteroatoms. The number of guanidine groups is 1. The number of hydrogen-bond acceptors (Lipinski definition) is 13. The highest BCUT2D eigenvalue weighted by molar-refractivity contribution is 5.81. The summed E-state index contributed by atoms with van der Waals surface area (Å²) in [6.07, 6.45) is -3.56. The van der Waals surface area contributed by atoms with Crippen LogP contribution in [0, 0.1) is 0 Å². The molecule has 0 saturated carbocycles. The Balaban J connectivity index is 1.85. The Morgan fingerprint density at radius 1 is 0.926 bits per heavy atom. The number of quaternary nitrogens is 5. The predicted molar refractivity (Wildman–Crippen MR) is 182 cm³/mol. The molecule has 23 nitrogen and oxygen atoms in total. The molecular weight excluding hydrogens is 716 g/mol. The lowest BCUT2D eigenvalue weighted by molar-refractivity contribution is -0.505. The number of aliphatic hydroxyl groups excluding tert-OH is 3. The second kappa shape index (κ2) is 23.8. The topological polar surface area (TPSA) is 426 Å². The van der Waals surface area contributed by atoms with E-state index < -0.39 is 79.4 Å². The monoisotopic (exact) mass is 781 g/mol. The largest absolute Gasteiger partial charge is 0.546 e. The fourth-order valence-corrected chi connectivity index (χ4v) is 6.28. The van der Waals surface area contributed by atoms with Crippen LogP contribution >= 0.6 is 0 Å². The number of amides is 4. The van der Waals surface area contributed by atoms with Gasteiger partial charge in [0.05, 0.1) is 56.5 Å². The molecule has 2 heterocycles. The van der Waals surface area contributed by atoms with Gasteiger partial charge in [-0.25, -0.2) is 10.1 Å². The Morgan fingerprint density at radius 3 is 1.94 bits per heavy atom. The highest BCUT2D eigenvalue weighted by Crippen LogP contribution is 2.23. The molecule has 2 aliphatic heterocycles. The number of carbonyl (C=O) groups excluding carboxylic acids is 5. The van der Waals surface area contributed by atoms with E-state index in [9.17, 15) is 44.4 Å². The molecule has 11 atom stereocenters. The maximum absolute atomic E-state index is 13.1. The van der Waals surface area contributed by atoms with Gasteiger partial charge in [0, 0.05) is 38.8 Å². The smallest absolute Gasteiger partial charge is 0.404 e. The molecule has 0 aromatic rings. The Kier molecular flexibility index (Phi) is 20.3. The van der Waals surface area contributed by atoms with Gasteiger partial charge in [0.25, 0.3) is 0 Å². The van der Waals surface area contributed by atoms with Crippen LogP contribution in [0.15, 0.2) is 0 Å². The van der Waals surface area contributed by atoms with Crippen molar-refractivity contribution in [3.8, 4) is 0 Å². The summed E-state index contributed by atoms with van der Waals surface area (Å²) < 4.78 is 10.8. The predicted octanol–water partition coefficient (Wildman–Crippen LogP) is -13.5. The van der Waals surface area contributed by atoms with Gasteiger partial charge >= 0.3 is 12.1 Å². The number of aliphatic hydroxyl groups is 3. The van der Waals surface area contributed by atoms with E-state index in [-0.39, 0.29) is 49.2 Å². The molecular formula is C31H65N12O11+5.